The third-order valence-corrected chi connectivity index (χ3v) is 5.50. The summed E-state index contributed by atoms with van der Waals surface area (Å²) in [6.45, 7) is 4.64. The molecule has 0 saturated carbocycles. The molecule has 0 spiro atoms. The fraction of sp³-hybridized carbons (Fsp3) is 0.684. The van der Waals surface area contributed by atoms with Crippen LogP contribution in [-0.2, 0) is 6.42 Å². The third kappa shape index (κ3) is 3.32. The van der Waals surface area contributed by atoms with E-state index in [1.165, 1.54) is 56.3 Å². The van der Waals surface area contributed by atoms with E-state index in [2.05, 4.69) is 36.1 Å². The van der Waals surface area contributed by atoms with Gasteiger partial charge in [-0.3, -0.25) is 4.90 Å². The summed E-state index contributed by atoms with van der Waals surface area (Å²) < 4.78 is 0. The van der Waals surface area contributed by atoms with Crippen molar-refractivity contribution in [1.29, 1.82) is 0 Å². The van der Waals surface area contributed by atoms with Gasteiger partial charge in [-0.25, -0.2) is 0 Å². The Morgan fingerprint density at radius 3 is 2.67 bits per heavy atom. The molecule has 1 aliphatic carbocycles. The van der Waals surface area contributed by atoms with Gasteiger partial charge in [-0.2, -0.15) is 0 Å². The van der Waals surface area contributed by atoms with Crippen LogP contribution in [-0.4, -0.2) is 29.1 Å². The zero-order chi connectivity index (χ0) is 14.7. The fourth-order valence-corrected chi connectivity index (χ4v) is 4.28. The van der Waals surface area contributed by atoms with E-state index < -0.39 is 0 Å². The first-order valence-electron chi connectivity index (χ1n) is 8.79. The molecule has 3 rings (SSSR count). The second-order valence-electron chi connectivity index (χ2n) is 6.87. The standard InChI is InChI=1S/C19H29NO/c1-2-6-15-11-13-20(14-12-15)18-10-5-8-16-7-3-4-9-17(16)19(18)21/h3-4,7,9,15,18-19,21H,2,5-6,8,10-14H2,1H3. The van der Waals surface area contributed by atoms with Crippen molar-refractivity contribution in [3.8, 4) is 0 Å². The Bertz CT molecular complexity index is 451. The Balaban J connectivity index is 1.69. The van der Waals surface area contributed by atoms with Crippen molar-refractivity contribution in [1.82, 2.24) is 4.90 Å². The second kappa shape index (κ2) is 6.93. The van der Waals surface area contributed by atoms with E-state index in [0.717, 1.165) is 18.8 Å². The number of piperidine rings is 1. The number of hydrogen-bond acceptors (Lipinski definition) is 2. The molecule has 1 heterocycles. The lowest BCUT2D eigenvalue weighted by Gasteiger charge is -2.39. The van der Waals surface area contributed by atoms with Crippen molar-refractivity contribution < 1.29 is 5.11 Å². The minimum absolute atomic E-state index is 0.300. The molecule has 0 aromatic heterocycles. The second-order valence-corrected chi connectivity index (χ2v) is 6.87. The van der Waals surface area contributed by atoms with Crippen LogP contribution in [0.25, 0.3) is 0 Å². The first-order valence-corrected chi connectivity index (χ1v) is 8.79. The average Bonchev–Trinajstić information content (AvgIpc) is 2.68. The van der Waals surface area contributed by atoms with Gasteiger partial charge in [0.15, 0.2) is 0 Å². The molecule has 1 saturated heterocycles. The molecule has 1 N–H and O–H groups in total. The van der Waals surface area contributed by atoms with Gasteiger partial charge in [0, 0.05) is 6.04 Å². The monoisotopic (exact) mass is 287 g/mol. The van der Waals surface area contributed by atoms with Crippen LogP contribution in [0.4, 0.5) is 0 Å². The lowest BCUT2D eigenvalue weighted by Crippen LogP contribution is -2.44. The first-order chi connectivity index (χ1) is 10.3. The number of nitrogens with zero attached hydrogens (tertiary/aromatic N) is 1. The smallest absolute Gasteiger partial charge is 0.0947 e. The summed E-state index contributed by atoms with van der Waals surface area (Å²) in [5.41, 5.74) is 2.53. The molecule has 1 aromatic rings. The molecule has 1 aromatic carbocycles. The number of hydrogen-bond donors (Lipinski definition) is 1. The molecule has 0 radical (unpaired) electrons. The van der Waals surface area contributed by atoms with Crippen LogP contribution >= 0.6 is 0 Å². The average molecular weight is 287 g/mol. The Morgan fingerprint density at radius 1 is 1.14 bits per heavy atom. The Labute approximate surface area is 129 Å². The van der Waals surface area contributed by atoms with Crippen LogP contribution in [0.2, 0.25) is 0 Å². The number of aliphatic hydroxyl groups excluding tert-OH is 1. The Kier molecular flexibility index (Phi) is 4.97. The molecule has 0 amide bonds. The summed E-state index contributed by atoms with van der Waals surface area (Å²) in [6.07, 6.45) is 8.48. The van der Waals surface area contributed by atoms with Crippen molar-refractivity contribution in [2.45, 2.75) is 64.0 Å². The highest BCUT2D eigenvalue weighted by Crippen LogP contribution is 2.34. The van der Waals surface area contributed by atoms with E-state index in [1.807, 2.05) is 0 Å². The van der Waals surface area contributed by atoms with Gasteiger partial charge in [-0.1, -0.05) is 44.0 Å². The quantitative estimate of drug-likeness (QED) is 0.851. The van der Waals surface area contributed by atoms with Crippen molar-refractivity contribution in [3.05, 3.63) is 35.4 Å². The molecule has 2 unspecified atom stereocenters. The van der Waals surface area contributed by atoms with Crippen molar-refractivity contribution in [2.24, 2.45) is 5.92 Å². The van der Waals surface area contributed by atoms with Crippen LogP contribution in [0.3, 0.4) is 0 Å². The maximum atomic E-state index is 10.9. The SMILES string of the molecule is CCCC1CCN(C2CCCc3ccccc3C2O)CC1. The summed E-state index contributed by atoms with van der Waals surface area (Å²) in [5.74, 6) is 0.918. The maximum absolute atomic E-state index is 10.9. The summed E-state index contributed by atoms with van der Waals surface area (Å²) in [7, 11) is 0. The fourth-order valence-electron chi connectivity index (χ4n) is 4.28. The van der Waals surface area contributed by atoms with E-state index in [4.69, 9.17) is 0 Å². The van der Waals surface area contributed by atoms with Gasteiger partial charge in [0.25, 0.3) is 0 Å². The highest BCUT2D eigenvalue weighted by molar-refractivity contribution is 5.31. The Morgan fingerprint density at radius 2 is 1.90 bits per heavy atom. The van der Waals surface area contributed by atoms with Gasteiger partial charge in [0.2, 0.25) is 0 Å². The number of benzene rings is 1. The van der Waals surface area contributed by atoms with Gasteiger partial charge in [-0.15, -0.1) is 0 Å². The van der Waals surface area contributed by atoms with Crippen LogP contribution in [0.15, 0.2) is 24.3 Å². The highest BCUT2D eigenvalue weighted by atomic mass is 16.3. The molecule has 2 nitrogen and oxygen atoms in total. The van der Waals surface area contributed by atoms with Gasteiger partial charge in [0.1, 0.15) is 0 Å². The van der Waals surface area contributed by atoms with E-state index in [-0.39, 0.29) is 6.10 Å². The highest BCUT2D eigenvalue weighted by Gasteiger charge is 2.32. The predicted octanol–water partition coefficient (Wildman–Crippen LogP) is 3.94. The lowest BCUT2D eigenvalue weighted by atomic mass is 9.90. The van der Waals surface area contributed by atoms with Gasteiger partial charge in [0.05, 0.1) is 6.10 Å². The topological polar surface area (TPSA) is 23.5 Å². The van der Waals surface area contributed by atoms with Crippen molar-refractivity contribution in [3.63, 3.8) is 0 Å². The van der Waals surface area contributed by atoms with E-state index >= 15 is 0 Å². The molecule has 2 aliphatic rings. The summed E-state index contributed by atoms with van der Waals surface area (Å²) >= 11 is 0. The van der Waals surface area contributed by atoms with E-state index in [9.17, 15) is 5.11 Å². The number of likely N-dealkylation sites (tertiary alicyclic amines) is 1. The number of aliphatic hydroxyl groups is 1. The van der Waals surface area contributed by atoms with Gasteiger partial charge >= 0.3 is 0 Å². The van der Waals surface area contributed by atoms with Crippen LogP contribution in [0.1, 0.15) is 62.7 Å². The predicted molar refractivity (Wildman–Crippen MR) is 87.3 cm³/mol. The summed E-state index contributed by atoms with van der Waals surface area (Å²) in [6, 6.07) is 8.81. The van der Waals surface area contributed by atoms with E-state index in [0.29, 0.717) is 6.04 Å². The molecule has 2 atom stereocenters. The molecule has 1 fully saturated rings. The third-order valence-electron chi connectivity index (χ3n) is 5.50. The van der Waals surface area contributed by atoms with Crippen molar-refractivity contribution >= 4 is 0 Å². The van der Waals surface area contributed by atoms with Crippen LogP contribution in [0, 0.1) is 5.92 Å². The molecule has 1 aliphatic heterocycles. The van der Waals surface area contributed by atoms with Crippen LogP contribution < -0.4 is 0 Å². The minimum Gasteiger partial charge on any atom is -0.387 e. The first kappa shape index (κ1) is 15.1. The normalized spacial score (nSPS) is 28.1. The molecule has 0 bridgehead atoms. The van der Waals surface area contributed by atoms with Crippen molar-refractivity contribution in [2.75, 3.05) is 13.1 Å². The van der Waals surface area contributed by atoms with Gasteiger partial charge in [-0.05, 0) is 62.2 Å². The maximum Gasteiger partial charge on any atom is 0.0947 e. The largest absolute Gasteiger partial charge is 0.387 e. The van der Waals surface area contributed by atoms with Gasteiger partial charge < -0.3 is 5.11 Å². The Hall–Kier alpha value is -0.860. The number of fused-ring (bicyclic) bond motifs is 1. The molecule has 2 heteroatoms. The minimum atomic E-state index is -0.300. The molecular weight excluding hydrogens is 258 g/mol. The summed E-state index contributed by atoms with van der Waals surface area (Å²) in [4.78, 5) is 2.57. The number of aryl methyl sites for hydroxylation is 1. The zero-order valence-electron chi connectivity index (χ0n) is 13.3. The van der Waals surface area contributed by atoms with Crippen LogP contribution in [0.5, 0.6) is 0 Å². The lowest BCUT2D eigenvalue weighted by molar-refractivity contribution is 0.0242. The summed E-state index contributed by atoms with van der Waals surface area (Å²) in [5, 5.41) is 10.9. The zero-order valence-corrected chi connectivity index (χ0v) is 13.3. The van der Waals surface area contributed by atoms with E-state index in [1.54, 1.807) is 0 Å². The molecule has 21 heavy (non-hydrogen) atoms. The molecular formula is C19H29NO. The number of rotatable bonds is 3. The molecule has 116 valence electrons.